The monoisotopic (exact) mass is 238 g/mol. The molecule has 2 rings (SSSR count). The van der Waals surface area contributed by atoms with Gasteiger partial charge < -0.3 is 15.2 Å². The standard InChI is InChI=1S/C11H18N4O2/c1-9-8-10(13-17-9)11(16)15-6-4-14(3-2-12)5-7-15/h8H,2-7,12H2,1H3. The highest BCUT2D eigenvalue weighted by atomic mass is 16.5. The van der Waals surface area contributed by atoms with Crippen molar-refractivity contribution in [2.24, 2.45) is 5.73 Å². The zero-order chi connectivity index (χ0) is 12.3. The second kappa shape index (κ2) is 5.29. The molecule has 1 aliphatic heterocycles. The first-order chi connectivity index (χ1) is 8.20. The van der Waals surface area contributed by atoms with Gasteiger partial charge in [0, 0.05) is 45.3 Å². The summed E-state index contributed by atoms with van der Waals surface area (Å²) in [6, 6.07) is 1.68. The SMILES string of the molecule is Cc1cc(C(=O)N2CCN(CCN)CC2)no1. The molecule has 0 atom stereocenters. The van der Waals surface area contributed by atoms with Crippen molar-refractivity contribution in [1.82, 2.24) is 15.0 Å². The van der Waals surface area contributed by atoms with Gasteiger partial charge in [0.25, 0.3) is 5.91 Å². The molecule has 0 aliphatic carbocycles. The lowest BCUT2D eigenvalue weighted by molar-refractivity contribution is 0.0631. The average Bonchev–Trinajstić information content (AvgIpc) is 2.76. The molecule has 0 spiro atoms. The molecule has 0 bridgehead atoms. The summed E-state index contributed by atoms with van der Waals surface area (Å²) in [7, 11) is 0. The number of amides is 1. The molecule has 17 heavy (non-hydrogen) atoms. The lowest BCUT2D eigenvalue weighted by Crippen LogP contribution is -2.49. The van der Waals surface area contributed by atoms with E-state index in [0.717, 1.165) is 32.7 Å². The van der Waals surface area contributed by atoms with Crippen molar-refractivity contribution in [2.45, 2.75) is 6.92 Å². The molecule has 0 radical (unpaired) electrons. The number of carbonyl (C=O) groups excluding carboxylic acids is 1. The van der Waals surface area contributed by atoms with E-state index in [1.807, 2.05) is 4.90 Å². The first kappa shape index (κ1) is 12.1. The van der Waals surface area contributed by atoms with E-state index in [1.165, 1.54) is 0 Å². The van der Waals surface area contributed by atoms with E-state index in [0.29, 0.717) is 18.0 Å². The van der Waals surface area contributed by atoms with Gasteiger partial charge in [0.15, 0.2) is 5.69 Å². The molecular weight excluding hydrogens is 220 g/mol. The highest BCUT2D eigenvalue weighted by Crippen LogP contribution is 2.08. The molecular formula is C11H18N4O2. The van der Waals surface area contributed by atoms with Gasteiger partial charge in [0.1, 0.15) is 5.76 Å². The number of aromatic nitrogens is 1. The Bertz CT molecular complexity index is 383. The topological polar surface area (TPSA) is 75.6 Å². The summed E-state index contributed by atoms with van der Waals surface area (Å²) in [5, 5.41) is 3.75. The van der Waals surface area contributed by atoms with E-state index < -0.39 is 0 Å². The van der Waals surface area contributed by atoms with Crippen LogP contribution in [0, 0.1) is 6.92 Å². The highest BCUT2D eigenvalue weighted by Gasteiger charge is 2.23. The fourth-order valence-corrected chi connectivity index (χ4v) is 1.99. The van der Waals surface area contributed by atoms with Gasteiger partial charge >= 0.3 is 0 Å². The fraction of sp³-hybridized carbons (Fsp3) is 0.636. The van der Waals surface area contributed by atoms with E-state index in [4.69, 9.17) is 10.3 Å². The lowest BCUT2D eigenvalue weighted by Gasteiger charge is -2.33. The van der Waals surface area contributed by atoms with Crippen LogP contribution >= 0.6 is 0 Å². The maximum atomic E-state index is 12.0. The number of nitrogens with zero attached hydrogens (tertiary/aromatic N) is 3. The Kier molecular flexibility index (Phi) is 3.75. The third-order valence-electron chi connectivity index (χ3n) is 2.95. The maximum absolute atomic E-state index is 12.0. The Balaban J connectivity index is 1.90. The molecule has 0 saturated carbocycles. The largest absolute Gasteiger partial charge is 0.361 e. The summed E-state index contributed by atoms with van der Waals surface area (Å²) in [6.45, 7) is 6.54. The minimum Gasteiger partial charge on any atom is -0.361 e. The normalized spacial score (nSPS) is 17.4. The molecule has 1 aromatic heterocycles. The van der Waals surface area contributed by atoms with Gasteiger partial charge in [-0.25, -0.2) is 0 Å². The molecule has 2 heterocycles. The van der Waals surface area contributed by atoms with Gasteiger partial charge in [-0.05, 0) is 6.92 Å². The first-order valence-corrected chi connectivity index (χ1v) is 5.85. The number of rotatable bonds is 3. The number of hydrogen-bond donors (Lipinski definition) is 1. The molecule has 6 nitrogen and oxygen atoms in total. The lowest BCUT2D eigenvalue weighted by atomic mass is 10.2. The summed E-state index contributed by atoms with van der Waals surface area (Å²) in [5.74, 6) is 0.615. The summed E-state index contributed by atoms with van der Waals surface area (Å²) in [5.41, 5.74) is 5.90. The Hall–Kier alpha value is -1.40. The van der Waals surface area contributed by atoms with Crippen LogP contribution in [0.4, 0.5) is 0 Å². The number of piperazine rings is 1. The van der Waals surface area contributed by atoms with E-state index in [1.54, 1.807) is 13.0 Å². The Morgan fingerprint density at radius 2 is 2.18 bits per heavy atom. The van der Waals surface area contributed by atoms with Gasteiger partial charge in [-0.1, -0.05) is 5.16 Å². The molecule has 6 heteroatoms. The van der Waals surface area contributed by atoms with Crippen LogP contribution in [0.2, 0.25) is 0 Å². The molecule has 1 amide bonds. The number of hydrogen-bond acceptors (Lipinski definition) is 5. The minimum atomic E-state index is -0.0470. The number of carbonyl (C=O) groups is 1. The van der Waals surface area contributed by atoms with E-state index in [-0.39, 0.29) is 5.91 Å². The van der Waals surface area contributed by atoms with Crippen LogP contribution in [0.1, 0.15) is 16.2 Å². The minimum absolute atomic E-state index is 0.0470. The van der Waals surface area contributed by atoms with Crippen molar-refractivity contribution in [3.05, 3.63) is 17.5 Å². The molecule has 1 saturated heterocycles. The highest BCUT2D eigenvalue weighted by molar-refractivity contribution is 5.92. The Morgan fingerprint density at radius 3 is 2.71 bits per heavy atom. The quantitative estimate of drug-likeness (QED) is 0.782. The van der Waals surface area contributed by atoms with Crippen LogP contribution in [-0.4, -0.2) is 60.1 Å². The molecule has 94 valence electrons. The van der Waals surface area contributed by atoms with Crippen molar-refractivity contribution < 1.29 is 9.32 Å². The molecule has 1 aliphatic rings. The zero-order valence-corrected chi connectivity index (χ0v) is 10.1. The van der Waals surface area contributed by atoms with Crippen LogP contribution in [0.15, 0.2) is 10.6 Å². The first-order valence-electron chi connectivity index (χ1n) is 5.85. The summed E-state index contributed by atoms with van der Waals surface area (Å²) in [4.78, 5) is 16.1. The smallest absolute Gasteiger partial charge is 0.276 e. The van der Waals surface area contributed by atoms with Crippen molar-refractivity contribution in [1.29, 1.82) is 0 Å². The van der Waals surface area contributed by atoms with Crippen molar-refractivity contribution >= 4 is 5.91 Å². The van der Waals surface area contributed by atoms with E-state index in [2.05, 4.69) is 10.1 Å². The molecule has 1 fully saturated rings. The van der Waals surface area contributed by atoms with Gasteiger partial charge in [-0.15, -0.1) is 0 Å². The maximum Gasteiger partial charge on any atom is 0.276 e. The van der Waals surface area contributed by atoms with Crippen LogP contribution in [0.3, 0.4) is 0 Å². The van der Waals surface area contributed by atoms with Crippen LogP contribution in [0.5, 0.6) is 0 Å². The van der Waals surface area contributed by atoms with E-state index >= 15 is 0 Å². The second-order valence-electron chi connectivity index (χ2n) is 4.25. The fourth-order valence-electron chi connectivity index (χ4n) is 1.99. The van der Waals surface area contributed by atoms with E-state index in [9.17, 15) is 4.79 Å². The average molecular weight is 238 g/mol. The zero-order valence-electron chi connectivity index (χ0n) is 10.1. The molecule has 1 aromatic rings. The van der Waals surface area contributed by atoms with Gasteiger partial charge in [-0.3, -0.25) is 9.69 Å². The Labute approximate surface area is 100 Å². The predicted octanol–water partition coefficient (Wildman–Crippen LogP) is -0.300. The third-order valence-corrected chi connectivity index (χ3v) is 2.95. The van der Waals surface area contributed by atoms with Crippen LogP contribution in [0.25, 0.3) is 0 Å². The third kappa shape index (κ3) is 2.83. The number of aryl methyl sites for hydroxylation is 1. The summed E-state index contributed by atoms with van der Waals surface area (Å²) >= 11 is 0. The number of nitrogens with two attached hydrogens (primary N) is 1. The van der Waals surface area contributed by atoms with Crippen molar-refractivity contribution in [3.8, 4) is 0 Å². The van der Waals surface area contributed by atoms with Gasteiger partial charge in [-0.2, -0.15) is 0 Å². The van der Waals surface area contributed by atoms with Gasteiger partial charge in [0.05, 0.1) is 0 Å². The van der Waals surface area contributed by atoms with Crippen molar-refractivity contribution in [3.63, 3.8) is 0 Å². The second-order valence-corrected chi connectivity index (χ2v) is 4.25. The predicted molar refractivity (Wildman–Crippen MR) is 62.6 cm³/mol. The van der Waals surface area contributed by atoms with Crippen LogP contribution in [-0.2, 0) is 0 Å². The van der Waals surface area contributed by atoms with Crippen LogP contribution < -0.4 is 5.73 Å². The Morgan fingerprint density at radius 1 is 1.47 bits per heavy atom. The van der Waals surface area contributed by atoms with Gasteiger partial charge in [0.2, 0.25) is 0 Å². The van der Waals surface area contributed by atoms with Crippen molar-refractivity contribution in [2.75, 3.05) is 39.3 Å². The molecule has 2 N–H and O–H groups in total. The molecule has 0 aromatic carbocycles. The molecule has 0 unspecified atom stereocenters. The summed E-state index contributed by atoms with van der Waals surface area (Å²) < 4.78 is 4.91. The summed E-state index contributed by atoms with van der Waals surface area (Å²) in [6.07, 6.45) is 0.